The van der Waals surface area contributed by atoms with Crippen molar-refractivity contribution in [3.63, 3.8) is 0 Å². The second kappa shape index (κ2) is 5.83. The number of halogens is 3. The lowest BCUT2D eigenvalue weighted by Crippen LogP contribution is -2.05. The fraction of sp³-hybridized carbons (Fsp3) is 0.0769. The van der Waals surface area contributed by atoms with E-state index in [0.29, 0.717) is 5.02 Å². The molecule has 0 saturated carbocycles. The van der Waals surface area contributed by atoms with Gasteiger partial charge in [-0.2, -0.15) is 0 Å². The fourth-order valence-corrected chi connectivity index (χ4v) is 1.87. The number of rotatable bonds is 4. The van der Waals surface area contributed by atoms with Crippen LogP contribution in [0, 0.1) is 21.7 Å². The molecule has 0 radical (unpaired) electrons. The molecule has 0 heterocycles. The van der Waals surface area contributed by atoms with Crippen molar-refractivity contribution in [3.05, 3.63) is 68.7 Å². The number of hydrogen-bond donors (Lipinski definition) is 1. The number of nitro groups is 1. The Morgan fingerprint density at radius 2 is 1.95 bits per heavy atom. The number of nitrogens with one attached hydrogen (secondary N) is 1. The van der Waals surface area contributed by atoms with Crippen LogP contribution in [0.3, 0.4) is 0 Å². The maximum absolute atomic E-state index is 13.5. The van der Waals surface area contributed by atoms with Gasteiger partial charge in [-0.15, -0.1) is 0 Å². The highest BCUT2D eigenvalue weighted by atomic mass is 35.5. The summed E-state index contributed by atoms with van der Waals surface area (Å²) in [5.74, 6) is -1.15. The number of anilines is 1. The normalized spacial score (nSPS) is 10.3. The van der Waals surface area contributed by atoms with E-state index >= 15 is 0 Å². The zero-order valence-corrected chi connectivity index (χ0v) is 10.8. The van der Waals surface area contributed by atoms with Crippen LogP contribution in [0.5, 0.6) is 0 Å². The Kier molecular flexibility index (Phi) is 4.14. The van der Waals surface area contributed by atoms with Crippen LogP contribution in [-0.2, 0) is 6.54 Å². The molecule has 0 aliphatic rings. The Morgan fingerprint density at radius 1 is 1.20 bits per heavy atom. The third kappa shape index (κ3) is 3.21. The minimum Gasteiger partial charge on any atom is -0.378 e. The largest absolute Gasteiger partial charge is 0.378 e. The second-order valence-corrected chi connectivity index (χ2v) is 4.44. The van der Waals surface area contributed by atoms with Crippen LogP contribution in [0.15, 0.2) is 36.4 Å². The van der Waals surface area contributed by atoms with Crippen LogP contribution >= 0.6 is 11.6 Å². The molecule has 1 N–H and O–H groups in total. The monoisotopic (exact) mass is 298 g/mol. The average Bonchev–Trinajstić information content (AvgIpc) is 2.39. The summed E-state index contributed by atoms with van der Waals surface area (Å²) in [5, 5.41) is 13.8. The van der Waals surface area contributed by atoms with Gasteiger partial charge in [-0.3, -0.25) is 10.1 Å². The lowest BCUT2D eigenvalue weighted by molar-refractivity contribution is -0.385. The first kappa shape index (κ1) is 14.2. The Balaban J connectivity index is 2.24. The topological polar surface area (TPSA) is 55.2 Å². The molecule has 0 unspecified atom stereocenters. The van der Waals surface area contributed by atoms with Crippen molar-refractivity contribution < 1.29 is 13.7 Å². The van der Waals surface area contributed by atoms with Gasteiger partial charge < -0.3 is 5.32 Å². The molecular formula is C13H9ClF2N2O2. The lowest BCUT2D eigenvalue weighted by atomic mass is 10.1. The molecule has 4 nitrogen and oxygen atoms in total. The Morgan fingerprint density at radius 3 is 2.65 bits per heavy atom. The van der Waals surface area contributed by atoms with E-state index in [2.05, 4.69) is 5.32 Å². The summed E-state index contributed by atoms with van der Waals surface area (Å²) in [6.45, 7) is -0.0919. The first-order chi connectivity index (χ1) is 9.47. The maximum Gasteiger partial charge on any atom is 0.274 e. The van der Waals surface area contributed by atoms with E-state index < -0.39 is 16.6 Å². The zero-order valence-electron chi connectivity index (χ0n) is 10.1. The van der Waals surface area contributed by atoms with Gasteiger partial charge in [0.15, 0.2) is 0 Å². The highest BCUT2D eigenvalue weighted by Gasteiger charge is 2.14. The summed E-state index contributed by atoms with van der Waals surface area (Å²) in [6.07, 6.45) is 0. The van der Waals surface area contributed by atoms with E-state index in [-0.39, 0.29) is 23.5 Å². The predicted molar refractivity (Wildman–Crippen MR) is 71.8 cm³/mol. The van der Waals surface area contributed by atoms with Crippen molar-refractivity contribution >= 4 is 23.0 Å². The molecule has 20 heavy (non-hydrogen) atoms. The van der Waals surface area contributed by atoms with Gasteiger partial charge >= 0.3 is 0 Å². The van der Waals surface area contributed by atoms with E-state index in [1.807, 2.05) is 0 Å². The van der Waals surface area contributed by atoms with Crippen LogP contribution in [0.4, 0.5) is 20.2 Å². The Hall–Kier alpha value is -2.21. The van der Waals surface area contributed by atoms with Crippen molar-refractivity contribution in [1.82, 2.24) is 0 Å². The molecule has 7 heteroatoms. The molecule has 104 valence electrons. The van der Waals surface area contributed by atoms with E-state index in [9.17, 15) is 18.9 Å². The third-order valence-corrected chi connectivity index (χ3v) is 2.87. The highest BCUT2D eigenvalue weighted by Crippen LogP contribution is 2.23. The van der Waals surface area contributed by atoms with E-state index in [1.54, 1.807) is 0 Å². The summed E-state index contributed by atoms with van der Waals surface area (Å²) in [6, 6.07) is 7.01. The maximum atomic E-state index is 13.5. The zero-order chi connectivity index (χ0) is 14.7. The van der Waals surface area contributed by atoms with Gasteiger partial charge in [0.25, 0.3) is 5.69 Å². The quantitative estimate of drug-likeness (QED) is 0.682. The third-order valence-electron chi connectivity index (χ3n) is 2.64. The first-order valence-corrected chi connectivity index (χ1v) is 5.97. The van der Waals surface area contributed by atoms with Crippen LogP contribution < -0.4 is 5.32 Å². The summed E-state index contributed by atoms with van der Waals surface area (Å²) in [7, 11) is 0. The van der Waals surface area contributed by atoms with Gasteiger partial charge in [0.1, 0.15) is 11.6 Å². The number of hydrogen-bond acceptors (Lipinski definition) is 3. The summed E-state index contributed by atoms with van der Waals surface area (Å²) >= 11 is 5.73. The molecule has 0 aromatic heterocycles. The molecule has 0 atom stereocenters. The number of nitro benzene ring substituents is 1. The summed E-state index contributed by atoms with van der Waals surface area (Å²) < 4.78 is 26.6. The minimum atomic E-state index is -0.620. The van der Waals surface area contributed by atoms with Gasteiger partial charge in [0.05, 0.1) is 16.2 Å². The van der Waals surface area contributed by atoms with E-state index in [1.165, 1.54) is 18.2 Å². The van der Waals surface area contributed by atoms with Crippen molar-refractivity contribution in [2.75, 3.05) is 5.32 Å². The standard InChI is InChI=1S/C13H9ClF2N2O2/c14-9-1-3-11(16)12(6-9)17-7-8-5-10(15)2-4-13(8)18(19)20/h1-6,17H,7H2. The first-order valence-electron chi connectivity index (χ1n) is 5.59. The van der Waals surface area contributed by atoms with Crippen molar-refractivity contribution in [1.29, 1.82) is 0 Å². The smallest absolute Gasteiger partial charge is 0.274 e. The van der Waals surface area contributed by atoms with Crippen molar-refractivity contribution in [2.45, 2.75) is 6.54 Å². The molecule has 2 aromatic carbocycles. The highest BCUT2D eigenvalue weighted by molar-refractivity contribution is 6.30. The molecule has 0 spiro atoms. The van der Waals surface area contributed by atoms with Crippen molar-refractivity contribution in [2.24, 2.45) is 0 Å². The second-order valence-electron chi connectivity index (χ2n) is 4.01. The SMILES string of the molecule is O=[N+]([O-])c1ccc(F)cc1CNc1cc(Cl)ccc1F. The molecule has 0 aliphatic carbocycles. The molecule has 0 bridgehead atoms. The molecule has 2 aromatic rings. The van der Waals surface area contributed by atoms with Gasteiger partial charge in [-0.25, -0.2) is 8.78 Å². The number of benzene rings is 2. The van der Waals surface area contributed by atoms with Crippen molar-refractivity contribution in [3.8, 4) is 0 Å². The number of nitrogens with zero attached hydrogens (tertiary/aromatic N) is 1. The molecule has 0 saturated heterocycles. The van der Waals surface area contributed by atoms with Crippen LogP contribution in [0.25, 0.3) is 0 Å². The molecule has 0 amide bonds. The van der Waals surface area contributed by atoms with Crippen LogP contribution in [0.1, 0.15) is 5.56 Å². The van der Waals surface area contributed by atoms with Crippen LogP contribution in [-0.4, -0.2) is 4.92 Å². The van der Waals surface area contributed by atoms with E-state index in [4.69, 9.17) is 11.6 Å². The average molecular weight is 299 g/mol. The minimum absolute atomic E-state index is 0.0919. The molecular weight excluding hydrogens is 290 g/mol. The van der Waals surface area contributed by atoms with Gasteiger partial charge in [-0.1, -0.05) is 11.6 Å². The Labute approximate surface area is 118 Å². The predicted octanol–water partition coefficient (Wildman–Crippen LogP) is 4.14. The molecule has 0 aliphatic heterocycles. The lowest BCUT2D eigenvalue weighted by Gasteiger charge is -2.08. The van der Waals surface area contributed by atoms with Gasteiger partial charge in [-0.05, 0) is 30.3 Å². The fourth-order valence-electron chi connectivity index (χ4n) is 1.70. The summed E-state index contributed by atoms with van der Waals surface area (Å²) in [4.78, 5) is 10.2. The van der Waals surface area contributed by atoms with E-state index in [0.717, 1.165) is 18.2 Å². The molecule has 0 fully saturated rings. The summed E-state index contributed by atoms with van der Waals surface area (Å²) in [5.41, 5.74) is -0.0215. The molecule has 2 rings (SSSR count). The Bertz CT molecular complexity index is 665. The van der Waals surface area contributed by atoms with Gasteiger partial charge in [0.2, 0.25) is 0 Å². The van der Waals surface area contributed by atoms with Gasteiger partial charge in [0, 0.05) is 17.6 Å². The van der Waals surface area contributed by atoms with Crippen LogP contribution in [0.2, 0.25) is 5.02 Å².